The Labute approximate surface area is 274 Å². The number of carbonyl (C=O) groups excluding carboxylic acids is 3. The van der Waals surface area contributed by atoms with Crippen LogP contribution in [0.2, 0.25) is 0 Å². The first-order chi connectivity index (χ1) is 21.4. The fraction of sp³-hybridized carbons (Fsp3) is 0.568. The zero-order chi connectivity index (χ0) is 34.6. The molecule has 3 rings (SSSR count). The molecule has 0 radical (unpaired) electrons. The van der Waals surface area contributed by atoms with E-state index in [9.17, 15) is 19.5 Å². The molecule has 1 aliphatic heterocycles. The van der Waals surface area contributed by atoms with Crippen LogP contribution >= 0.6 is 0 Å². The maximum absolute atomic E-state index is 10.8. The number of rotatable bonds is 9. The highest BCUT2D eigenvalue weighted by atomic mass is 16.3. The molecule has 0 atom stereocenters. The summed E-state index contributed by atoms with van der Waals surface area (Å²) in [6, 6.07) is 14.1. The lowest BCUT2D eigenvalue weighted by atomic mass is 10.1. The van der Waals surface area contributed by atoms with Crippen molar-refractivity contribution >= 4 is 24.3 Å². The Morgan fingerprint density at radius 2 is 1.44 bits per heavy atom. The Kier molecular flexibility index (Phi) is 27.1. The standard InChI is InChI=1S/C15H22N4O.C9H12O.C5H8O2.2C4H10/c1-18-10-8-14(9-11-18)19(2)17-15(16-12-20)13-6-4-3-5-7-13;1-6-4-7(2)9(10)8(3)5-6;1-5(7)3-2-4-6;2*1-3-4-2/h3-7,12,14H,8-11H2,1-2H3,(H,16,17,20);4-5,10H,1-3H3;4H,2-3H2,1H3;2*3-4H2,1-2H3. The summed E-state index contributed by atoms with van der Waals surface area (Å²) in [6.07, 6.45) is 9.66. The molecule has 0 bridgehead atoms. The van der Waals surface area contributed by atoms with Gasteiger partial charge < -0.3 is 24.9 Å². The number of phenols is 1. The van der Waals surface area contributed by atoms with Gasteiger partial charge in [0.1, 0.15) is 17.8 Å². The molecule has 254 valence electrons. The summed E-state index contributed by atoms with van der Waals surface area (Å²) in [5.74, 6) is 1.10. The van der Waals surface area contributed by atoms with E-state index in [1.54, 1.807) is 0 Å². The molecule has 0 aromatic heterocycles. The number of likely N-dealkylation sites (tertiary alicyclic amines) is 1. The van der Waals surface area contributed by atoms with Crippen LogP contribution in [0.5, 0.6) is 5.75 Å². The average molecular weight is 627 g/mol. The summed E-state index contributed by atoms with van der Waals surface area (Å²) in [5.41, 5.74) is 4.03. The lowest BCUT2D eigenvalue weighted by Crippen LogP contribution is -2.41. The maximum Gasteiger partial charge on any atom is 0.212 e. The van der Waals surface area contributed by atoms with Crippen molar-refractivity contribution in [2.45, 2.75) is 113 Å². The number of piperidine rings is 1. The number of benzene rings is 2. The van der Waals surface area contributed by atoms with Gasteiger partial charge in [-0.3, -0.25) is 9.80 Å². The minimum absolute atomic E-state index is 0.0760. The fourth-order valence-electron chi connectivity index (χ4n) is 3.86. The third kappa shape index (κ3) is 22.6. The molecular weight excluding hydrogens is 564 g/mol. The number of aryl methyl sites for hydroxylation is 3. The number of hydrazone groups is 1. The van der Waals surface area contributed by atoms with E-state index in [4.69, 9.17) is 0 Å². The number of carbonyl (C=O) groups is 3. The number of hydrogen-bond donors (Lipinski definition) is 2. The fourth-order valence-corrected chi connectivity index (χ4v) is 3.86. The van der Waals surface area contributed by atoms with Gasteiger partial charge in [0.25, 0.3) is 0 Å². The van der Waals surface area contributed by atoms with Gasteiger partial charge in [0.2, 0.25) is 6.41 Å². The maximum atomic E-state index is 10.8. The van der Waals surface area contributed by atoms with Crippen LogP contribution in [0.1, 0.15) is 108 Å². The van der Waals surface area contributed by atoms with Crippen LogP contribution in [0.15, 0.2) is 47.6 Å². The first-order valence-electron chi connectivity index (χ1n) is 16.4. The first kappa shape index (κ1) is 43.6. The second-order valence-corrected chi connectivity index (χ2v) is 11.3. The molecule has 1 aliphatic rings. The van der Waals surface area contributed by atoms with Crippen LogP contribution in [-0.2, 0) is 14.4 Å². The molecule has 1 heterocycles. The van der Waals surface area contributed by atoms with Crippen LogP contribution < -0.4 is 5.32 Å². The predicted molar refractivity (Wildman–Crippen MR) is 190 cm³/mol. The molecule has 2 aromatic carbocycles. The summed E-state index contributed by atoms with van der Waals surface area (Å²) < 4.78 is 0. The highest BCUT2D eigenvalue weighted by Gasteiger charge is 2.20. The normalized spacial score (nSPS) is 12.7. The van der Waals surface area contributed by atoms with Crippen LogP contribution in [0.4, 0.5) is 0 Å². The SMILES string of the molecule is CC(=O)CCC=O.CCCC.CCCC.CN1CCC(N(C)/N=C(\NC=O)c2ccccc2)CC1.Cc1cc(C)c(O)c(C)c1. The van der Waals surface area contributed by atoms with Crippen molar-refractivity contribution in [1.82, 2.24) is 15.2 Å². The Morgan fingerprint density at radius 1 is 0.956 bits per heavy atom. The van der Waals surface area contributed by atoms with Gasteiger partial charge in [-0.2, -0.15) is 5.10 Å². The third-order valence-electron chi connectivity index (χ3n) is 6.97. The first-order valence-corrected chi connectivity index (χ1v) is 16.4. The molecule has 2 aromatic rings. The molecule has 0 spiro atoms. The van der Waals surface area contributed by atoms with Crippen molar-refractivity contribution in [2.24, 2.45) is 5.10 Å². The van der Waals surface area contributed by atoms with Crippen molar-refractivity contribution in [2.75, 3.05) is 27.2 Å². The number of unbranched alkanes of at least 4 members (excludes halogenated alkanes) is 2. The number of hydrogen-bond acceptors (Lipinski definition) is 7. The van der Waals surface area contributed by atoms with E-state index in [2.05, 4.69) is 50.1 Å². The van der Waals surface area contributed by atoms with Gasteiger partial charge in [-0.1, -0.05) is 101 Å². The van der Waals surface area contributed by atoms with Crippen LogP contribution in [-0.4, -0.2) is 72.6 Å². The molecule has 1 saturated heterocycles. The number of aromatic hydroxyl groups is 1. The molecule has 1 fully saturated rings. The quantitative estimate of drug-likeness (QED) is 0.129. The Morgan fingerprint density at radius 3 is 1.82 bits per heavy atom. The Hall–Kier alpha value is -3.52. The zero-order valence-electron chi connectivity index (χ0n) is 29.9. The van der Waals surface area contributed by atoms with E-state index < -0.39 is 0 Å². The number of aldehydes is 1. The molecule has 8 heteroatoms. The summed E-state index contributed by atoms with van der Waals surface area (Å²) in [4.78, 5) is 32.7. The molecule has 8 nitrogen and oxygen atoms in total. The molecular formula is C37H62N4O4. The van der Waals surface area contributed by atoms with Gasteiger partial charge in [0, 0.05) is 31.5 Å². The molecule has 0 saturated carbocycles. The molecule has 0 unspecified atom stereocenters. The molecule has 45 heavy (non-hydrogen) atoms. The molecule has 1 amide bonds. The monoisotopic (exact) mass is 626 g/mol. The zero-order valence-corrected chi connectivity index (χ0v) is 29.9. The van der Waals surface area contributed by atoms with E-state index in [1.807, 2.05) is 75.3 Å². The summed E-state index contributed by atoms with van der Waals surface area (Å²) in [5, 5.41) is 18.6. The number of amides is 1. The number of amidine groups is 1. The second kappa shape index (κ2) is 28.0. The topological polar surface area (TPSA) is 102 Å². The number of nitrogens with one attached hydrogen (secondary N) is 1. The molecule has 2 N–H and O–H groups in total. The smallest absolute Gasteiger partial charge is 0.212 e. The van der Waals surface area contributed by atoms with Crippen LogP contribution in [0, 0.1) is 20.8 Å². The lowest BCUT2D eigenvalue weighted by molar-refractivity contribution is -0.119. The van der Waals surface area contributed by atoms with Crippen molar-refractivity contribution in [1.29, 1.82) is 0 Å². The van der Waals surface area contributed by atoms with E-state index in [-0.39, 0.29) is 5.78 Å². The van der Waals surface area contributed by atoms with Gasteiger partial charge in [-0.05, 0) is 71.8 Å². The van der Waals surface area contributed by atoms with Crippen LogP contribution in [0.25, 0.3) is 0 Å². The van der Waals surface area contributed by atoms with Gasteiger partial charge in [0.15, 0.2) is 5.84 Å². The van der Waals surface area contributed by atoms with Gasteiger partial charge in [-0.25, -0.2) is 0 Å². The number of ketones is 1. The van der Waals surface area contributed by atoms with Crippen molar-refractivity contribution in [3.8, 4) is 5.75 Å². The number of Topliss-reactive ketones (excluding diaryl/α,β-unsaturated/α-hetero) is 1. The van der Waals surface area contributed by atoms with Crippen LogP contribution in [0.3, 0.4) is 0 Å². The Balaban J connectivity index is 0. The van der Waals surface area contributed by atoms with E-state index in [0.717, 1.165) is 48.9 Å². The third-order valence-corrected chi connectivity index (χ3v) is 6.97. The number of phenolic OH excluding ortho intramolecular Hbond substituents is 1. The van der Waals surface area contributed by atoms with Crippen molar-refractivity contribution in [3.05, 3.63) is 64.7 Å². The van der Waals surface area contributed by atoms with Crippen molar-refractivity contribution < 1.29 is 19.5 Å². The van der Waals surface area contributed by atoms with Gasteiger partial charge >= 0.3 is 0 Å². The highest BCUT2D eigenvalue weighted by molar-refractivity contribution is 6.03. The summed E-state index contributed by atoms with van der Waals surface area (Å²) in [6.45, 7) is 18.2. The van der Waals surface area contributed by atoms with E-state index in [0.29, 0.717) is 36.9 Å². The Bertz CT molecular complexity index is 1050. The minimum Gasteiger partial charge on any atom is -0.507 e. The van der Waals surface area contributed by atoms with Crippen molar-refractivity contribution in [3.63, 3.8) is 0 Å². The van der Waals surface area contributed by atoms with Gasteiger partial charge in [0.05, 0.1) is 0 Å². The highest BCUT2D eigenvalue weighted by Crippen LogP contribution is 2.22. The summed E-state index contributed by atoms with van der Waals surface area (Å²) in [7, 11) is 4.12. The van der Waals surface area contributed by atoms with E-state index in [1.165, 1.54) is 38.2 Å². The predicted octanol–water partition coefficient (Wildman–Crippen LogP) is 7.60. The van der Waals surface area contributed by atoms with Gasteiger partial charge in [-0.15, -0.1) is 0 Å². The lowest BCUT2D eigenvalue weighted by Gasteiger charge is -2.33. The largest absolute Gasteiger partial charge is 0.507 e. The minimum atomic E-state index is 0.0760. The summed E-state index contributed by atoms with van der Waals surface area (Å²) >= 11 is 0. The molecule has 0 aliphatic carbocycles. The second-order valence-electron chi connectivity index (χ2n) is 11.3. The number of nitrogens with zero attached hydrogens (tertiary/aromatic N) is 3. The average Bonchev–Trinajstić information content (AvgIpc) is 3.04. The van der Waals surface area contributed by atoms with E-state index >= 15 is 0 Å².